The van der Waals surface area contributed by atoms with E-state index in [0.29, 0.717) is 39.4 Å². The van der Waals surface area contributed by atoms with Crippen LogP contribution in [0.3, 0.4) is 0 Å². The molecule has 6 aromatic rings. The first-order valence-corrected chi connectivity index (χ1v) is 20.0. The molecule has 8 rings (SSSR count). The van der Waals surface area contributed by atoms with E-state index in [-0.39, 0.29) is 40.6 Å². The number of phenols is 1. The molecule has 1 aliphatic carbocycles. The number of thiophene rings is 2. The third-order valence-electron chi connectivity index (χ3n) is 11.1. The average molecular weight is 771 g/mol. The number of phenolic OH excluding ortho intramolecular Hbond substituents is 1. The van der Waals surface area contributed by atoms with Crippen molar-refractivity contribution < 1.29 is 29.3 Å². The Morgan fingerprint density at radius 2 is 1.76 bits per heavy atom. The van der Waals surface area contributed by atoms with E-state index in [1.807, 2.05) is 41.1 Å². The van der Waals surface area contributed by atoms with Crippen LogP contribution in [0.4, 0.5) is 0 Å². The van der Waals surface area contributed by atoms with E-state index < -0.39 is 17.7 Å². The van der Waals surface area contributed by atoms with Gasteiger partial charge in [-0.2, -0.15) is 0 Å². The number of fused-ring (bicyclic) bond motifs is 2. The number of aryl methyl sites for hydroxylation is 1. The first-order chi connectivity index (χ1) is 26.1. The number of H-pyrrole nitrogens is 1. The normalized spacial score (nSPS) is 16.9. The van der Waals surface area contributed by atoms with E-state index in [1.54, 1.807) is 28.8 Å². The van der Waals surface area contributed by atoms with Crippen molar-refractivity contribution in [2.45, 2.75) is 63.0 Å². The van der Waals surface area contributed by atoms with Gasteiger partial charge in [0.25, 0.3) is 0 Å². The van der Waals surface area contributed by atoms with Crippen molar-refractivity contribution >= 4 is 50.6 Å². The second-order valence-corrected chi connectivity index (χ2v) is 16.4. The lowest BCUT2D eigenvalue weighted by molar-refractivity contribution is -0.181. The van der Waals surface area contributed by atoms with E-state index >= 15 is 0 Å². The van der Waals surface area contributed by atoms with Gasteiger partial charge in [0, 0.05) is 31.1 Å². The topological polar surface area (TPSA) is 170 Å². The van der Waals surface area contributed by atoms with Crippen LogP contribution in [0.1, 0.15) is 59.1 Å². The molecule has 5 heterocycles. The highest BCUT2D eigenvalue weighted by atomic mass is 32.1. The Morgan fingerprint density at radius 1 is 1.02 bits per heavy atom. The fourth-order valence-electron chi connectivity index (χ4n) is 8.07. The summed E-state index contributed by atoms with van der Waals surface area (Å²) in [5, 5.41) is 40.1. The highest BCUT2D eigenvalue weighted by Crippen LogP contribution is 2.51. The maximum Gasteiger partial charge on any atom is 0.419 e. The first-order valence-electron chi connectivity index (χ1n) is 18.2. The second-order valence-electron chi connectivity index (χ2n) is 14.5. The molecule has 4 aromatic heterocycles. The van der Waals surface area contributed by atoms with Gasteiger partial charge in [0.15, 0.2) is 5.58 Å². The number of benzene rings is 2. The van der Waals surface area contributed by atoms with Crippen LogP contribution in [0.25, 0.3) is 22.0 Å². The summed E-state index contributed by atoms with van der Waals surface area (Å²) in [6.07, 6.45) is 3.39. The summed E-state index contributed by atoms with van der Waals surface area (Å²) >= 11 is 2.69. The Labute approximate surface area is 318 Å². The summed E-state index contributed by atoms with van der Waals surface area (Å²) in [7, 11) is 0. The number of ether oxygens (including phenoxy) is 1. The molecule has 1 atom stereocenters. The molecule has 1 saturated heterocycles. The van der Waals surface area contributed by atoms with Gasteiger partial charge in [-0.25, -0.2) is 9.59 Å². The van der Waals surface area contributed by atoms with Crippen molar-refractivity contribution in [2.24, 2.45) is 5.41 Å². The smallest absolute Gasteiger partial charge is 0.419 e. The zero-order chi connectivity index (χ0) is 37.5. The number of rotatable bonds is 13. The lowest BCUT2D eigenvalue weighted by atomic mass is 9.61. The monoisotopic (exact) mass is 770 g/mol. The maximum absolute atomic E-state index is 13.4. The Bertz CT molecular complexity index is 2330. The molecule has 1 aliphatic heterocycles. The minimum Gasteiger partial charge on any atom is -0.506 e. The van der Waals surface area contributed by atoms with E-state index in [2.05, 4.69) is 15.2 Å². The lowest BCUT2D eigenvalue weighted by Crippen LogP contribution is -2.52. The summed E-state index contributed by atoms with van der Waals surface area (Å²) in [6, 6.07) is 18.9. The molecule has 2 fully saturated rings. The zero-order valence-corrected chi connectivity index (χ0v) is 31.2. The van der Waals surface area contributed by atoms with Crippen LogP contribution in [0.5, 0.6) is 5.75 Å². The van der Waals surface area contributed by atoms with Crippen LogP contribution in [0.15, 0.2) is 91.5 Å². The number of aliphatic hydroxyl groups is 2. The second kappa shape index (κ2) is 14.9. The van der Waals surface area contributed by atoms with Crippen LogP contribution in [-0.4, -0.2) is 68.0 Å². The number of nitrogens with one attached hydrogen (secondary N) is 2. The predicted molar refractivity (Wildman–Crippen MR) is 207 cm³/mol. The van der Waals surface area contributed by atoms with E-state index in [0.717, 1.165) is 62.8 Å². The largest absolute Gasteiger partial charge is 0.506 e. The Hall–Kier alpha value is -4.57. The molecular weight excluding hydrogens is 729 g/mol. The zero-order valence-electron chi connectivity index (χ0n) is 29.5. The summed E-state index contributed by atoms with van der Waals surface area (Å²) in [4.78, 5) is 44.1. The van der Waals surface area contributed by atoms with Crippen LogP contribution < -0.4 is 16.6 Å². The number of aromatic nitrogens is 2. The van der Waals surface area contributed by atoms with E-state index in [1.165, 1.54) is 34.8 Å². The van der Waals surface area contributed by atoms with Crippen molar-refractivity contribution in [3.63, 3.8) is 0 Å². The standard InChI is InChI=1S/C40H42N4O8S2/c45-30-10-7-27(28-8-11-35(47)42-36(28)30)31(46)24-41-23-25-6-9-29-32(20-25)52-38(49)44(29)15-3-14-43-16-12-39(13-17-43)21-26(22-39)51-37(48)40(50,33-4-1-18-53-33)34-5-2-19-54-34/h1-2,4-11,18-20,26,31,41,45-46,50H,3,12-17,21-24H2,(H,42,47)/t31-/m0/s1. The number of aromatic amines is 1. The molecule has 1 spiro atoms. The number of esters is 1. The fraction of sp³-hybridized carbons (Fsp3) is 0.375. The highest BCUT2D eigenvalue weighted by Gasteiger charge is 2.51. The number of hydrogen-bond acceptors (Lipinski definition) is 12. The number of oxazole rings is 1. The van der Waals surface area contributed by atoms with Crippen LogP contribution in [-0.2, 0) is 28.2 Å². The van der Waals surface area contributed by atoms with Crippen LogP contribution in [0.2, 0.25) is 0 Å². The number of carbonyl (C=O) groups excluding carboxylic acids is 1. The number of likely N-dealkylation sites (tertiary alicyclic amines) is 1. The van der Waals surface area contributed by atoms with Gasteiger partial charge < -0.3 is 39.7 Å². The lowest BCUT2D eigenvalue weighted by Gasteiger charge is -2.51. The molecule has 2 aliphatic rings. The van der Waals surface area contributed by atoms with Gasteiger partial charge in [-0.1, -0.05) is 24.3 Å². The van der Waals surface area contributed by atoms with Gasteiger partial charge in [0.1, 0.15) is 11.9 Å². The molecular formula is C40H42N4O8S2. The summed E-state index contributed by atoms with van der Waals surface area (Å²) in [5.74, 6) is -1.05. The maximum atomic E-state index is 13.4. The fourth-order valence-corrected chi connectivity index (χ4v) is 9.79. The first kappa shape index (κ1) is 36.4. The number of aliphatic hydroxyl groups excluding tert-OH is 1. The number of hydrogen-bond donors (Lipinski definition) is 5. The number of nitrogens with zero attached hydrogens (tertiary/aromatic N) is 2. The van der Waals surface area contributed by atoms with Crippen molar-refractivity contribution in [3.05, 3.63) is 119 Å². The molecule has 0 bridgehead atoms. The molecule has 0 radical (unpaired) electrons. The Kier molecular flexibility index (Phi) is 10.1. The van der Waals surface area contributed by atoms with Crippen molar-refractivity contribution in [2.75, 3.05) is 26.2 Å². The van der Waals surface area contributed by atoms with E-state index in [9.17, 15) is 29.7 Å². The average Bonchev–Trinajstić information content (AvgIpc) is 3.95. The number of aromatic hydroxyl groups is 1. The molecule has 12 nitrogen and oxygen atoms in total. The summed E-state index contributed by atoms with van der Waals surface area (Å²) in [5.41, 5.74) is 1.06. The van der Waals surface area contributed by atoms with Gasteiger partial charge >= 0.3 is 11.7 Å². The van der Waals surface area contributed by atoms with Crippen molar-refractivity contribution in [1.29, 1.82) is 0 Å². The van der Waals surface area contributed by atoms with Gasteiger partial charge in [-0.3, -0.25) is 9.36 Å². The van der Waals surface area contributed by atoms with E-state index in [4.69, 9.17) is 9.15 Å². The molecule has 14 heteroatoms. The third-order valence-corrected chi connectivity index (χ3v) is 13.0. The minimum absolute atomic E-state index is 0.0606. The van der Waals surface area contributed by atoms with Gasteiger partial charge in [0.05, 0.1) is 26.9 Å². The molecule has 5 N–H and O–H groups in total. The van der Waals surface area contributed by atoms with Gasteiger partial charge in [-0.05, 0) is 115 Å². The number of pyridine rings is 1. The summed E-state index contributed by atoms with van der Waals surface area (Å²) < 4.78 is 13.2. The van der Waals surface area contributed by atoms with Gasteiger partial charge in [0.2, 0.25) is 11.2 Å². The Morgan fingerprint density at radius 3 is 2.46 bits per heavy atom. The van der Waals surface area contributed by atoms with Crippen molar-refractivity contribution in [3.8, 4) is 5.75 Å². The quantitative estimate of drug-likeness (QED) is 0.0985. The molecule has 0 unspecified atom stereocenters. The molecule has 282 valence electrons. The number of carbonyl (C=O) groups is 1. The molecule has 1 saturated carbocycles. The minimum atomic E-state index is -1.78. The van der Waals surface area contributed by atoms with Crippen molar-refractivity contribution in [1.82, 2.24) is 19.8 Å². The highest BCUT2D eigenvalue weighted by molar-refractivity contribution is 7.12. The van der Waals surface area contributed by atoms with Crippen LogP contribution >= 0.6 is 22.7 Å². The van der Waals surface area contributed by atoms with Gasteiger partial charge in [-0.15, -0.1) is 22.7 Å². The third kappa shape index (κ3) is 7.05. The molecule has 0 amide bonds. The van der Waals surface area contributed by atoms with Crippen LogP contribution in [0, 0.1) is 5.41 Å². The predicted octanol–water partition coefficient (Wildman–Crippen LogP) is 5.20. The Balaban J connectivity index is 0.793. The summed E-state index contributed by atoms with van der Waals surface area (Å²) in [6.45, 7) is 3.95. The molecule has 54 heavy (non-hydrogen) atoms. The number of piperidine rings is 1. The SMILES string of the molecule is O=C(OC1CC2(CCN(CCCn3c(=O)oc4cc(CNC[C@H](O)c5ccc(O)c6[nH]c(=O)ccc56)ccc43)CC2)C1)C(O)(c1cccs1)c1cccs1. The molecule has 2 aromatic carbocycles.